The van der Waals surface area contributed by atoms with E-state index in [1.807, 2.05) is 6.07 Å². The van der Waals surface area contributed by atoms with Crippen LogP contribution >= 0.6 is 0 Å². The van der Waals surface area contributed by atoms with Gasteiger partial charge in [0.25, 0.3) is 0 Å². The first-order chi connectivity index (χ1) is 9.79. The number of rotatable bonds is 4. The van der Waals surface area contributed by atoms with Crippen molar-refractivity contribution in [1.29, 1.82) is 0 Å². The summed E-state index contributed by atoms with van der Waals surface area (Å²) in [6.07, 6.45) is 2.23. The van der Waals surface area contributed by atoms with Gasteiger partial charge >= 0.3 is 0 Å². The molecule has 2 aromatic carbocycles. The quantitative estimate of drug-likeness (QED) is 0.765. The highest BCUT2D eigenvalue weighted by Gasteiger charge is 2.12. The maximum atomic E-state index is 5.99. The van der Waals surface area contributed by atoms with Crippen molar-refractivity contribution in [2.75, 3.05) is 6.54 Å². The number of para-hydroxylation sites is 1. The molecule has 1 atom stereocenters. The number of hydrogen-bond donors (Lipinski definition) is 1. The van der Waals surface area contributed by atoms with Crippen molar-refractivity contribution < 1.29 is 0 Å². The minimum absolute atomic E-state index is 0.353. The monoisotopic (exact) mass is 264 g/mol. The van der Waals surface area contributed by atoms with Gasteiger partial charge in [-0.15, -0.1) is 0 Å². The van der Waals surface area contributed by atoms with Crippen LogP contribution in [0.5, 0.6) is 0 Å². The molecule has 0 saturated heterocycles. The van der Waals surface area contributed by atoms with Crippen molar-refractivity contribution in [2.45, 2.75) is 19.4 Å². The molecule has 0 aliphatic carbocycles. The average molecular weight is 264 g/mol. The van der Waals surface area contributed by atoms with Gasteiger partial charge in [-0.3, -0.25) is 0 Å². The second kappa shape index (κ2) is 5.51. The molecule has 1 unspecified atom stereocenters. The van der Waals surface area contributed by atoms with Gasteiger partial charge in [-0.25, -0.2) is 0 Å². The SMILES string of the molecule is Cc1cn(CC(CN)c2ccccc2)c2ccccc12. The summed E-state index contributed by atoms with van der Waals surface area (Å²) >= 11 is 0. The highest BCUT2D eigenvalue weighted by Crippen LogP contribution is 2.24. The lowest BCUT2D eigenvalue weighted by Crippen LogP contribution is -2.18. The average Bonchev–Trinajstić information content (AvgIpc) is 2.82. The van der Waals surface area contributed by atoms with Crippen LogP contribution in [0.1, 0.15) is 17.0 Å². The van der Waals surface area contributed by atoms with E-state index < -0.39 is 0 Å². The number of fused-ring (bicyclic) bond motifs is 1. The molecule has 2 N–H and O–H groups in total. The van der Waals surface area contributed by atoms with Gasteiger partial charge in [-0.05, 0) is 24.1 Å². The summed E-state index contributed by atoms with van der Waals surface area (Å²) in [6.45, 7) is 3.75. The Hall–Kier alpha value is -2.06. The number of benzene rings is 2. The molecular formula is C18H20N2. The maximum Gasteiger partial charge on any atom is 0.0483 e. The van der Waals surface area contributed by atoms with E-state index in [0.29, 0.717) is 12.5 Å². The van der Waals surface area contributed by atoms with E-state index in [-0.39, 0.29) is 0 Å². The minimum Gasteiger partial charge on any atom is -0.347 e. The summed E-state index contributed by atoms with van der Waals surface area (Å²) in [7, 11) is 0. The molecule has 2 heteroatoms. The summed E-state index contributed by atoms with van der Waals surface area (Å²) < 4.78 is 2.33. The second-order valence-electron chi connectivity index (χ2n) is 5.32. The van der Waals surface area contributed by atoms with E-state index >= 15 is 0 Å². The van der Waals surface area contributed by atoms with Crippen LogP contribution in [0.25, 0.3) is 10.9 Å². The molecule has 2 nitrogen and oxygen atoms in total. The molecule has 102 valence electrons. The Morgan fingerprint density at radius 3 is 2.45 bits per heavy atom. The van der Waals surface area contributed by atoms with E-state index in [4.69, 9.17) is 5.73 Å². The molecule has 1 heterocycles. The molecule has 20 heavy (non-hydrogen) atoms. The Labute approximate surface area is 119 Å². The molecule has 0 amide bonds. The molecular weight excluding hydrogens is 244 g/mol. The van der Waals surface area contributed by atoms with Gasteiger partial charge < -0.3 is 10.3 Å². The first kappa shape index (κ1) is 12.9. The van der Waals surface area contributed by atoms with Crippen LogP contribution in [0.4, 0.5) is 0 Å². The van der Waals surface area contributed by atoms with Gasteiger partial charge in [0.2, 0.25) is 0 Å². The lowest BCUT2D eigenvalue weighted by molar-refractivity contribution is 0.579. The van der Waals surface area contributed by atoms with Crippen molar-refractivity contribution in [2.24, 2.45) is 5.73 Å². The van der Waals surface area contributed by atoms with E-state index in [1.165, 1.54) is 22.0 Å². The molecule has 3 rings (SSSR count). The second-order valence-corrected chi connectivity index (χ2v) is 5.32. The molecule has 0 saturated carbocycles. The first-order valence-corrected chi connectivity index (χ1v) is 7.09. The topological polar surface area (TPSA) is 30.9 Å². The zero-order valence-electron chi connectivity index (χ0n) is 11.8. The fourth-order valence-electron chi connectivity index (χ4n) is 2.86. The zero-order valence-corrected chi connectivity index (χ0v) is 11.8. The number of aryl methyl sites for hydroxylation is 1. The summed E-state index contributed by atoms with van der Waals surface area (Å²) in [5.74, 6) is 0.353. The highest BCUT2D eigenvalue weighted by atomic mass is 15.0. The predicted molar refractivity (Wildman–Crippen MR) is 84.9 cm³/mol. The van der Waals surface area contributed by atoms with Gasteiger partial charge in [0.1, 0.15) is 0 Å². The first-order valence-electron chi connectivity index (χ1n) is 7.09. The third-order valence-electron chi connectivity index (χ3n) is 3.96. The van der Waals surface area contributed by atoms with Gasteiger partial charge in [-0.2, -0.15) is 0 Å². The molecule has 0 aliphatic rings. The van der Waals surface area contributed by atoms with Gasteiger partial charge in [0, 0.05) is 36.1 Å². The smallest absolute Gasteiger partial charge is 0.0483 e. The molecule has 0 radical (unpaired) electrons. The maximum absolute atomic E-state index is 5.99. The van der Waals surface area contributed by atoms with Crippen LogP contribution in [0.15, 0.2) is 60.8 Å². The third-order valence-corrected chi connectivity index (χ3v) is 3.96. The molecule has 0 bridgehead atoms. The van der Waals surface area contributed by atoms with E-state index in [9.17, 15) is 0 Å². The number of hydrogen-bond acceptors (Lipinski definition) is 1. The van der Waals surface area contributed by atoms with E-state index in [0.717, 1.165) is 6.54 Å². The minimum atomic E-state index is 0.353. The number of aromatic nitrogens is 1. The van der Waals surface area contributed by atoms with Crippen molar-refractivity contribution in [3.05, 3.63) is 71.9 Å². The molecule has 3 aromatic rings. The van der Waals surface area contributed by atoms with Crippen LogP contribution in [0.3, 0.4) is 0 Å². The Morgan fingerprint density at radius 1 is 1.00 bits per heavy atom. The lowest BCUT2D eigenvalue weighted by atomic mass is 9.99. The normalized spacial score (nSPS) is 12.7. The molecule has 0 aliphatic heterocycles. The van der Waals surface area contributed by atoms with Gasteiger partial charge in [0.15, 0.2) is 0 Å². The predicted octanol–water partition coefficient (Wildman–Crippen LogP) is 3.69. The summed E-state index contributed by atoms with van der Waals surface area (Å²) in [6, 6.07) is 19.1. The van der Waals surface area contributed by atoms with Gasteiger partial charge in [0.05, 0.1) is 0 Å². The van der Waals surface area contributed by atoms with Crippen LogP contribution in [0.2, 0.25) is 0 Å². The summed E-state index contributed by atoms with van der Waals surface area (Å²) in [5, 5.41) is 1.33. The van der Waals surface area contributed by atoms with Crippen molar-refractivity contribution in [3.63, 3.8) is 0 Å². The van der Waals surface area contributed by atoms with Crippen LogP contribution in [-0.2, 0) is 6.54 Å². The summed E-state index contributed by atoms with van der Waals surface area (Å²) in [5.41, 5.74) is 9.92. The fraction of sp³-hybridized carbons (Fsp3) is 0.222. The van der Waals surface area contributed by atoms with Crippen LogP contribution < -0.4 is 5.73 Å². The van der Waals surface area contributed by atoms with Crippen molar-refractivity contribution in [1.82, 2.24) is 4.57 Å². The summed E-state index contributed by atoms with van der Waals surface area (Å²) in [4.78, 5) is 0. The highest BCUT2D eigenvalue weighted by molar-refractivity contribution is 5.83. The van der Waals surface area contributed by atoms with Crippen LogP contribution in [-0.4, -0.2) is 11.1 Å². The number of nitrogens with two attached hydrogens (primary N) is 1. The fourth-order valence-corrected chi connectivity index (χ4v) is 2.86. The Kier molecular flexibility index (Phi) is 3.57. The van der Waals surface area contributed by atoms with Crippen molar-refractivity contribution >= 4 is 10.9 Å². The Bertz CT molecular complexity index is 698. The van der Waals surface area contributed by atoms with Crippen molar-refractivity contribution in [3.8, 4) is 0 Å². The molecule has 0 fully saturated rings. The third kappa shape index (κ3) is 2.35. The number of nitrogens with zero attached hydrogens (tertiary/aromatic N) is 1. The largest absolute Gasteiger partial charge is 0.347 e. The Balaban J connectivity index is 1.96. The zero-order chi connectivity index (χ0) is 13.9. The molecule has 1 aromatic heterocycles. The van der Waals surface area contributed by atoms with Gasteiger partial charge in [-0.1, -0.05) is 48.5 Å². The lowest BCUT2D eigenvalue weighted by Gasteiger charge is -2.17. The Morgan fingerprint density at radius 2 is 1.70 bits per heavy atom. The van der Waals surface area contributed by atoms with E-state index in [2.05, 4.69) is 66.2 Å². The van der Waals surface area contributed by atoms with E-state index in [1.54, 1.807) is 0 Å². The van der Waals surface area contributed by atoms with Crippen LogP contribution in [0, 0.1) is 6.92 Å². The molecule has 0 spiro atoms. The standard InChI is InChI=1S/C18H20N2/c1-14-12-20(18-10-6-5-9-17(14)18)13-16(11-19)15-7-3-2-4-8-15/h2-10,12,16H,11,13,19H2,1H3.